The molecule has 0 spiro atoms. The Kier molecular flexibility index (Phi) is 3.23. The van der Waals surface area contributed by atoms with Crippen molar-refractivity contribution < 1.29 is 9.18 Å². The highest BCUT2D eigenvalue weighted by Gasteiger charge is 2.11. The first-order chi connectivity index (χ1) is 5.66. The van der Waals surface area contributed by atoms with E-state index in [1.54, 1.807) is 0 Å². The van der Waals surface area contributed by atoms with Crippen LogP contribution in [0.2, 0.25) is 5.02 Å². The number of Topliss-reactive ketones (excluding diaryl/α,β-unsaturated/α-hetero) is 1. The topological polar surface area (TPSA) is 17.1 Å². The predicted molar refractivity (Wildman–Crippen MR) is 49.5 cm³/mol. The van der Waals surface area contributed by atoms with Crippen LogP contribution >= 0.6 is 27.5 Å². The lowest BCUT2D eigenvalue weighted by atomic mass is 10.1. The summed E-state index contributed by atoms with van der Waals surface area (Å²) in [7, 11) is 0. The van der Waals surface area contributed by atoms with Gasteiger partial charge in [-0.2, -0.15) is 0 Å². The first kappa shape index (κ1) is 9.68. The fraction of sp³-hybridized carbons (Fsp3) is 0.125. The van der Waals surface area contributed by atoms with E-state index < -0.39 is 5.82 Å². The average molecular weight is 251 g/mol. The van der Waals surface area contributed by atoms with Crippen molar-refractivity contribution in [3.63, 3.8) is 0 Å². The second-order valence-corrected chi connectivity index (χ2v) is 3.10. The molecule has 64 valence electrons. The van der Waals surface area contributed by atoms with Gasteiger partial charge in [0, 0.05) is 5.56 Å². The molecule has 4 heteroatoms. The maximum Gasteiger partial charge on any atom is 0.174 e. The molecule has 0 aliphatic rings. The van der Waals surface area contributed by atoms with Crippen molar-refractivity contribution in [3.8, 4) is 0 Å². The van der Waals surface area contributed by atoms with E-state index in [0.29, 0.717) is 0 Å². The number of ketones is 1. The molecule has 0 unspecified atom stereocenters. The lowest BCUT2D eigenvalue weighted by Crippen LogP contribution is -2.01. The van der Waals surface area contributed by atoms with Crippen LogP contribution in [-0.2, 0) is 0 Å². The molecule has 0 atom stereocenters. The Hall–Kier alpha value is -0.410. The highest BCUT2D eigenvalue weighted by atomic mass is 79.9. The molecule has 0 N–H and O–H groups in total. The maximum absolute atomic E-state index is 12.8. The van der Waals surface area contributed by atoms with Crippen molar-refractivity contribution in [2.75, 3.05) is 5.33 Å². The van der Waals surface area contributed by atoms with Crippen LogP contribution in [0.1, 0.15) is 10.4 Å². The van der Waals surface area contributed by atoms with Crippen LogP contribution in [0, 0.1) is 5.82 Å². The number of carbonyl (C=O) groups excluding carboxylic acids is 1. The van der Waals surface area contributed by atoms with Gasteiger partial charge in [0.25, 0.3) is 0 Å². The molecule has 0 heterocycles. The Morgan fingerprint density at radius 3 is 2.83 bits per heavy atom. The molecule has 0 aliphatic carbocycles. The summed E-state index contributed by atoms with van der Waals surface area (Å²) in [6, 6.07) is 4.17. The van der Waals surface area contributed by atoms with Crippen LogP contribution in [0.25, 0.3) is 0 Å². The molecule has 0 radical (unpaired) electrons. The first-order valence-corrected chi connectivity index (χ1v) is 4.70. The van der Waals surface area contributed by atoms with Crippen LogP contribution < -0.4 is 0 Å². The molecule has 1 aromatic carbocycles. The van der Waals surface area contributed by atoms with E-state index in [-0.39, 0.29) is 21.7 Å². The minimum absolute atomic E-state index is 0.109. The molecule has 1 rings (SSSR count). The summed E-state index contributed by atoms with van der Waals surface area (Å²) in [4.78, 5) is 11.1. The van der Waals surface area contributed by atoms with Gasteiger partial charge in [-0.3, -0.25) is 4.79 Å². The van der Waals surface area contributed by atoms with Gasteiger partial charge in [-0.1, -0.05) is 33.6 Å². The summed E-state index contributed by atoms with van der Waals surface area (Å²) >= 11 is 8.53. The molecule has 0 bridgehead atoms. The minimum Gasteiger partial charge on any atom is -0.293 e. The molecular weight excluding hydrogens is 246 g/mol. The number of alkyl halides is 1. The van der Waals surface area contributed by atoms with Gasteiger partial charge in [0.1, 0.15) is 5.82 Å². The van der Waals surface area contributed by atoms with Crippen molar-refractivity contribution in [2.24, 2.45) is 0 Å². The third-order valence-electron chi connectivity index (χ3n) is 1.37. The molecule has 1 aromatic rings. The SMILES string of the molecule is O=C(CBr)c1cccc(F)c1Cl. The summed E-state index contributed by atoms with van der Waals surface area (Å²) in [5.74, 6) is -0.789. The van der Waals surface area contributed by atoms with Crippen molar-refractivity contribution in [1.29, 1.82) is 0 Å². The van der Waals surface area contributed by atoms with Gasteiger partial charge in [0.2, 0.25) is 0 Å². The molecule has 0 aliphatic heterocycles. The Balaban J connectivity index is 3.16. The van der Waals surface area contributed by atoms with Crippen LogP contribution in [0.4, 0.5) is 4.39 Å². The van der Waals surface area contributed by atoms with E-state index in [4.69, 9.17) is 11.6 Å². The van der Waals surface area contributed by atoms with E-state index in [2.05, 4.69) is 15.9 Å². The van der Waals surface area contributed by atoms with Crippen molar-refractivity contribution >= 4 is 33.3 Å². The normalized spacial score (nSPS) is 9.92. The van der Waals surface area contributed by atoms with Crippen LogP contribution in [-0.4, -0.2) is 11.1 Å². The highest BCUT2D eigenvalue weighted by Crippen LogP contribution is 2.20. The van der Waals surface area contributed by atoms with Gasteiger partial charge < -0.3 is 0 Å². The van der Waals surface area contributed by atoms with Crippen LogP contribution in [0.15, 0.2) is 18.2 Å². The number of benzene rings is 1. The van der Waals surface area contributed by atoms with E-state index in [9.17, 15) is 9.18 Å². The Labute approximate surface area is 82.7 Å². The zero-order chi connectivity index (χ0) is 9.14. The predicted octanol–water partition coefficient (Wildman–Crippen LogP) is 3.06. The quantitative estimate of drug-likeness (QED) is 0.583. The monoisotopic (exact) mass is 250 g/mol. The summed E-state index contributed by atoms with van der Waals surface area (Å²) in [6.45, 7) is 0. The second kappa shape index (κ2) is 4.01. The number of halogens is 3. The van der Waals surface area contributed by atoms with Gasteiger partial charge in [0.05, 0.1) is 10.4 Å². The van der Waals surface area contributed by atoms with Gasteiger partial charge in [-0.05, 0) is 12.1 Å². The number of carbonyl (C=O) groups is 1. The summed E-state index contributed by atoms with van der Waals surface area (Å²) in [5, 5.41) is 0.0397. The summed E-state index contributed by atoms with van der Waals surface area (Å²) in [5.41, 5.74) is 0.216. The molecule has 12 heavy (non-hydrogen) atoms. The lowest BCUT2D eigenvalue weighted by Gasteiger charge is -2.00. The van der Waals surface area contributed by atoms with Crippen molar-refractivity contribution in [1.82, 2.24) is 0 Å². The first-order valence-electron chi connectivity index (χ1n) is 3.20. The summed E-state index contributed by atoms with van der Waals surface area (Å²) in [6.07, 6.45) is 0. The number of hydrogen-bond acceptors (Lipinski definition) is 1. The van der Waals surface area contributed by atoms with E-state index >= 15 is 0 Å². The van der Waals surface area contributed by atoms with E-state index in [1.165, 1.54) is 18.2 Å². The lowest BCUT2D eigenvalue weighted by molar-refractivity contribution is 0.102. The zero-order valence-electron chi connectivity index (χ0n) is 5.98. The Bertz CT molecular complexity index is 314. The average Bonchev–Trinajstić information content (AvgIpc) is 2.08. The fourth-order valence-corrected chi connectivity index (χ4v) is 1.32. The van der Waals surface area contributed by atoms with Gasteiger partial charge in [0.15, 0.2) is 5.78 Å². The van der Waals surface area contributed by atoms with Crippen LogP contribution in [0.5, 0.6) is 0 Å². The molecule has 0 aromatic heterocycles. The molecule has 0 fully saturated rings. The molecule has 0 saturated heterocycles. The van der Waals surface area contributed by atoms with Crippen LogP contribution in [0.3, 0.4) is 0 Å². The molecule has 1 nitrogen and oxygen atoms in total. The second-order valence-electron chi connectivity index (χ2n) is 2.16. The highest BCUT2D eigenvalue weighted by molar-refractivity contribution is 9.09. The number of hydrogen-bond donors (Lipinski definition) is 0. The third-order valence-corrected chi connectivity index (χ3v) is 2.27. The fourth-order valence-electron chi connectivity index (χ4n) is 0.791. The zero-order valence-corrected chi connectivity index (χ0v) is 8.32. The summed E-state index contributed by atoms with van der Waals surface area (Å²) < 4.78 is 12.8. The largest absolute Gasteiger partial charge is 0.293 e. The third kappa shape index (κ3) is 1.84. The van der Waals surface area contributed by atoms with Gasteiger partial charge in [-0.15, -0.1) is 0 Å². The molecule has 0 amide bonds. The Morgan fingerprint density at radius 2 is 2.25 bits per heavy atom. The minimum atomic E-state index is -0.566. The molecule has 0 saturated carbocycles. The van der Waals surface area contributed by atoms with Gasteiger partial charge >= 0.3 is 0 Å². The smallest absolute Gasteiger partial charge is 0.174 e. The molecular formula is C8H5BrClFO. The van der Waals surface area contributed by atoms with E-state index in [0.717, 1.165) is 0 Å². The van der Waals surface area contributed by atoms with Crippen molar-refractivity contribution in [3.05, 3.63) is 34.6 Å². The van der Waals surface area contributed by atoms with Crippen molar-refractivity contribution in [2.45, 2.75) is 0 Å². The van der Waals surface area contributed by atoms with E-state index in [1.807, 2.05) is 0 Å². The standard InChI is InChI=1S/C8H5BrClFO/c9-4-7(12)5-2-1-3-6(11)8(5)10/h1-3H,4H2. The Morgan fingerprint density at radius 1 is 1.58 bits per heavy atom. The maximum atomic E-state index is 12.8. The number of rotatable bonds is 2. The van der Waals surface area contributed by atoms with Gasteiger partial charge in [-0.25, -0.2) is 4.39 Å².